The van der Waals surface area contributed by atoms with Gasteiger partial charge in [-0.1, -0.05) is 23.2 Å². The van der Waals surface area contributed by atoms with E-state index in [1.165, 1.54) is 22.9 Å². The van der Waals surface area contributed by atoms with E-state index in [4.69, 9.17) is 28.9 Å². The molecule has 0 radical (unpaired) electrons. The lowest BCUT2D eigenvalue weighted by Gasteiger charge is -2.06. The Morgan fingerprint density at radius 2 is 1.86 bits per heavy atom. The number of anilines is 1. The van der Waals surface area contributed by atoms with E-state index in [2.05, 4.69) is 15.5 Å². The van der Waals surface area contributed by atoms with Crippen molar-refractivity contribution in [2.45, 2.75) is 0 Å². The lowest BCUT2D eigenvalue weighted by atomic mass is 10.2. The zero-order chi connectivity index (χ0) is 15.0. The number of aromatic nitrogens is 4. The van der Waals surface area contributed by atoms with Gasteiger partial charge in [0.25, 0.3) is 0 Å². The molecule has 0 saturated heterocycles. The van der Waals surface area contributed by atoms with Crippen molar-refractivity contribution >= 4 is 28.9 Å². The second-order valence-corrected chi connectivity index (χ2v) is 5.06. The second-order valence-electron chi connectivity index (χ2n) is 4.25. The summed E-state index contributed by atoms with van der Waals surface area (Å²) in [5, 5.41) is 11.9. The van der Waals surface area contributed by atoms with Gasteiger partial charge in [-0.3, -0.25) is 0 Å². The molecule has 0 aliphatic heterocycles. The predicted molar refractivity (Wildman–Crippen MR) is 79.0 cm³/mol. The van der Waals surface area contributed by atoms with Gasteiger partial charge in [-0.15, -0.1) is 5.10 Å². The summed E-state index contributed by atoms with van der Waals surface area (Å²) in [7, 11) is 0. The first-order valence-corrected chi connectivity index (χ1v) is 6.61. The number of nitrogen functional groups attached to an aromatic ring is 1. The molecule has 0 spiro atoms. The number of halogens is 3. The minimum Gasteiger partial charge on any atom is -0.398 e. The Labute approximate surface area is 129 Å². The predicted octanol–water partition coefficient (Wildman–Crippen LogP) is 3.36. The fraction of sp³-hybridized carbons (Fsp3) is 0. The number of hydrogen-bond donors (Lipinski definition) is 1. The van der Waals surface area contributed by atoms with Crippen molar-refractivity contribution in [3.05, 3.63) is 52.3 Å². The van der Waals surface area contributed by atoms with Crippen molar-refractivity contribution in [1.29, 1.82) is 0 Å². The molecule has 2 aromatic carbocycles. The van der Waals surface area contributed by atoms with Crippen molar-refractivity contribution in [3.8, 4) is 17.1 Å². The summed E-state index contributed by atoms with van der Waals surface area (Å²) in [5.41, 5.74) is 7.42. The van der Waals surface area contributed by atoms with Gasteiger partial charge in [0.15, 0.2) is 5.82 Å². The van der Waals surface area contributed by atoms with E-state index in [1.54, 1.807) is 18.2 Å². The van der Waals surface area contributed by atoms with E-state index in [0.29, 0.717) is 27.8 Å². The van der Waals surface area contributed by atoms with Crippen molar-refractivity contribution in [3.63, 3.8) is 0 Å². The van der Waals surface area contributed by atoms with Crippen LogP contribution in [0.1, 0.15) is 0 Å². The van der Waals surface area contributed by atoms with Gasteiger partial charge in [0, 0.05) is 5.56 Å². The van der Waals surface area contributed by atoms with Crippen LogP contribution in [0.2, 0.25) is 10.0 Å². The highest BCUT2D eigenvalue weighted by Crippen LogP contribution is 2.27. The molecule has 0 unspecified atom stereocenters. The van der Waals surface area contributed by atoms with E-state index < -0.39 is 5.82 Å². The smallest absolute Gasteiger partial charge is 0.187 e. The normalized spacial score (nSPS) is 10.8. The van der Waals surface area contributed by atoms with Crippen LogP contribution in [0.15, 0.2) is 36.4 Å². The Morgan fingerprint density at radius 1 is 1.05 bits per heavy atom. The van der Waals surface area contributed by atoms with Crippen LogP contribution in [0.5, 0.6) is 0 Å². The number of nitrogens with zero attached hydrogens (tertiary/aromatic N) is 4. The van der Waals surface area contributed by atoms with Crippen molar-refractivity contribution in [2.75, 3.05) is 5.73 Å². The number of nitrogens with two attached hydrogens (primary N) is 1. The van der Waals surface area contributed by atoms with Gasteiger partial charge in [-0.2, -0.15) is 4.68 Å². The highest BCUT2D eigenvalue weighted by atomic mass is 35.5. The molecule has 21 heavy (non-hydrogen) atoms. The Bertz CT molecular complexity index is 752. The molecular formula is C13H8Cl2FN5. The van der Waals surface area contributed by atoms with Crippen LogP contribution in [-0.4, -0.2) is 20.2 Å². The highest BCUT2D eigenvalue weighted by molar-refractivity contribution is 6.33. The summed E-state index contributed by atoms with van der Waals surface area (Å²) < 4.78 is 14.7. The Kier molecular flexibility index (Phi) is 3.48. The molecule has 5 nitrogen and oxygen atoms in total. The average Bonchev–Trinajstić information content (AvgIpc) is 2.94. The van der Waals surface area contributed by atoms with Gasteiger partial charge in [0.2, 0.25) is 0 Å². The number of rotatable bonds is 2. The molecule has 2 N–H and O–H groups in total. The standard InChI is InChI=1S/C13H8Cl2FN5/c14-9-3-1-7(5-12(9)17)13-18-19-20-21(13)8-2-4-11(16)10(15)6-8/h1-6H,17H2. The zero-order valence-electron chi connectivity index (χ0n) is 10.5. The molecule has 0 atom stereocenters. The number of benzene rings is 2. The largest absolute Gasteiger partial charge is 0.398 e. The number of tetrazole rings is 1. The van der Waals surface area contributed by atoms with Crippen LogP contribution >= 0.6 is 23.2 Å². The molecule has 0 saturated carbocycles. The molecule has 0 amide bonds. The lowest BCUT2D eigenvalue weighted by molar-refractivity contribution is 0.627. The van der Waals surface area contributed by atoms with Crippen LogP contribution in [-0.2, 0) is 0 Å². The van der Waals surface area contributed by atoms with Gasteiger partial charge >= 0.3 is 0 Å². The van der Waals surface area contributed by atoms with Crippen LogP contribution in [0, 0.1) is 5.82 Å². The first-order chi connectivity index (χ1) is 10.1. The first-order valence-electron chi connectivity index (χ1n) is 5.85. The zero-order valence-corrected chi connectivity index (χ0v) is 12.0. The van der Waals surface area contributed by atoms with E-state index in [9.17, 15) is 4.39 Å². The minimum atomic E-state index is -0.509. The van der Waals surface area contributed by atoms with Gasteiger partial charge in [-0.05, 0) is 46.8 Å². The third-order valence-electron chi connectivity index (χ3n) is 2.87. The fourth-order valence-electron chi connectivity index (χ4n) is 1.84. The maximum atomic E-state index is 13.2. The van der Waals surface area contributed by atoms with Gasteiger partial charge in [-0.25, -0.2) is 4.39 Å². The molecule has 3 rings (SSSR count). The molecule has 106 valence electrons. The summed E-state index contributed by atoms with van der Waals surface area (Å²) >= 11 is 11.7. The third kappa shape index (κ3) is 2.55. The average molecular weight is 324 g/mol. The van der Waals surface area contributed by atoms with Gasteiger partial charge in [0.05, 0.1) is 21.4 Å². The van der Waals surface area contributed by atoms with Crippen molar-refractivity contribution in [2.24, 2.45) is 0 Å². The van der Waals surface area contributed by atoms with E-state index in [-0.39, 0.29) is 5.02 Å². The summed E-state index contributed by atoms with van der Waals surface area (Å²) in [6.07, 6.45) is 0. The summed E-state index contributed by atoms with van der Waals surface area (Å²) in [6, 6.07) is 9.28. The lowest BCUT2D eigenvalue weighted by Crippen LogP contribution is -2.00. The van der Waals surface area contributed by atoms with Gasteiger partial charge < -0.3 is 5.73 Å². The first kappa shape index (κ1) is 13.8. The molecule has 0 aliphatic carbocycles. The van der Waals surface area contributed by atoms with Crippen molar-refractivity contribution in [1.82, 2.24) is 20.2 Å². The molecular weight excluding hydrogens is 316 g/mol. The topological polar surface area (TPSA) is 69.6 Å². The van der Waals surface area contributed by atoms with Crippen LogP contribution in [0.25, 0.3) is 17.1 Å². The molecule has 0 fully saturated rings. The summed E-state index contributed by atoms with van der Waals surface area (Å²) in [4.78, 5) is 0. The second kappa shape index (κ2) is 5.31. The van der Waals surface area contributed by atoms with E-state index >= 15 is 0 Å². The minimum absolute atomic E-state index is 0.00966. The maximum Gasteiger partial charge on any atom is 0.187 e. The van der Waals surface area contributed by atoms with Crippen LogP contribution < -0.4 is 5.73 Å². The molecule has 8 heteroatoms. The van der Waals surface area contributed by atoms with E-state index in [0.717, 1.165) is 0 Å². The molecule has 1 heterocycles. The monoisotopic (exact) mass is 323 g/mol. The molecule has 0 bridgehead atoms. The Hall–Kier alpha value is -2.18. The van der Waals surface area contributed by atoms with Crippen molar-refractivity contribution < 1.29 is 4.39 Å². The fourth-order valence-corrected chi connectivity index (χ4v) is 2.13. The highest BCUT2D eigenvalue weighted by Gasteiger charge is 2.13. The third-order valence-corrected chi connectivity index (χ3v) is 3.51. The SMILES string of the molecule is Nc1cc(-c2nnnn2-c2ccc(F)c(Cl)c2)ccc1Cl. The molecule has 0 aliphatic rings. The molecule has 1 aromatic heterocycles. The maximum absolute atomic E-state index is 13.2. The Balaban J connectivity index is 2.12. The van der Waals surface area contributed by atoms with E-state index in [1.807, 2.05) is 0 Å². The number of hydrogen-bond acceptors (Lipinski definition) is 4. The quantitative estimate of drug-likeness (QED) is 0.734. The Morgan fingerprint density at radius 3 is 2.57 bits per heavy atom. The van der Waals surface area contributed by atoms with Crippen LogP contribution in [0.3, 0.4) is 0 Å². The summed E-state index contributed by atoms with van der Waals surface area (Å²) in [6.45, 7) is 0. The molecule has 3 aromatic rings. The summed E-state index contributed by atoms with van der Waals surface area (Å²) in [5.74, 6) is -0.0631. The van der Waals surface area contributed by atoms with Gasteiger partial charge in [0.1, 0.15) is 5.82 Å². The van der Waals surface area contributed by atoms with Crippen LogP contribution in [0.4, 0.5) is 10.1 Å².